The Morgan fingerprint density at radius 2 is 1.71 bits per heavy atom. The summed E-state index contributed by atoms with van der Waals surface area (Å²) in [6.45, 7) is 2.69. The third-order valence-corrected chi connectivity index (χ3v) is 1.93. The van der Waals surface area contributed by atoms with Crippen LogP contribution in [0.4, 0.5) is 0 Å². The SMILES string of the molecule is C=C(NC)[C@H](O)[C@@H](O)[C@H](O)[C@H](O)CO. The number of aliphatic hydroxyl groups excluding tert-OH is 5. The van der Waals surface area contributed by atoms with Gasteiger partial charge in [0.05, 0.1) is 6.61 Å². The molecule has 6 N–H and O–H groups in total. The average molecular weight is 207 g/mol. The highest BCUT2D eigenvalue weighted by molar-refractivity contribution is 5.03. The van der Waals surface area contributed by atoms with Crippen molar-refractivity contribution in [2.75, 3.05) is 13.7 Å². The molecule has 0 aliphatic heterocycles. The quantitative estimate of drug-likeness (QED) is 0.279. The van der Waals surface area contributed by atoms with Crippen LogP contribution in [0.3, 0.4) is 0 Å². The first-order valence-corrected chi connectivity index (χ1v) is 4.15. The molecule has 4 atom stereocenters. The first kappa shape index (κ1) is 13.3. The molecule has 0 aromatic carbocycles. The van der Waals surface area contributed by atoms with E-state index in [9.17, 15) is 15.3 Å². The van der Waals surface area contributed by atoms with E-state index in [0.29, 0.717) is 0 Å². The highest BCUT2D eigenvalue weighted by Gasteiger charge is 2.30. The molecule has 0 aliphatic rings. The van der Waals surface area contributed by atoms with Gasteiger partial charge in [-0.25, -0.2) is 0 Å². The third kappa shape index (κ3) is 3.24. The second kappa shape index (κ2) is 5.94. The second-order valence-electron chi connectivity index (χ2n) is 2.95. The Hall–Kier alpha value is -0.660. The van der Waals surface area contributed by atoms with Crippen LogP contribution in [0, 0.1) is 0 Å². The van der Waals surface area contributed by atoms with Gasteiger partial charge in [-0.2, -0.15) is 0 Å². The summed E-state index contributed by atoms with van der Waals surface area (Å²) in [6, 6.07) is 0. The molecule has 0 saturated heterocycles. The van der Waals surface area contributed by atoms with E-state index >= 15 is 0 Å². The maximum Gasteiger partial charge on any atom is 0.121 e. The smallest absolute Gasteiger partial charge is 0.121 e. The Morgan fingerprint density at radius 1 is 1.21 bits per heavy atom. The van der Waals surface area contributed by atoms with Crippen molar-refractivity contribution in [3.63, 3.8) is 0 Å². The van der Waals surface area contributed by atoms with E-state index in [-0.39, 0.29) is 5.70 Å². The number of hydrogen-bond acceptors (Lipinski definition) is 6. The molecule has 0 aromatic rings. The fraction of sp³-hybridized carbons (Fsp3) is 0.750. The zero-order valence-corrected chi connectivity index (χ0v) is 7.96. The van der Waals surface area contributed by atoms with Crippen molar-refractivity contribution in [2.24, 2.45) is 0 Å². The van der Waals surface area contributed by atoms with Crippen molar-refractivity contribution in [1.82, 2.24) is 5.32 Å². The second-order valence-corrected chi connectivity index (χ2v) is 2.95. The lowest BCUT2D eigenvalue weighted by atomic mass is 10.0. The van der Waals surface area contributed by atoms with Crippen LogP contribution in [0.25, 0.3) is 0 Å². The Balaban J connectivity index is 4.30. The van der Waals surface area contributed by atoms with Crippen LogP contribution in [0.2, 0.25) is 0 Å². The molecule has 84 valence electrons. The van der Waals surface area contributed by atoms with Gasteiger partial charge in [-0.15, -0.1) is 0 Å². The molecule has 0 rings (SSSR count). The summed E-state index contributed by atoms with van der Waals surface area (Å²) >= 11 is 0. The van der Waals surface area contributed by atoms with Gasteiger partial charge < -0.3 is 30.8 Å². The van der Waals surface area contributed by atoms with Gasteiger partial charge in [-0.05, 0) is 0 Å². The Kier molecular flexibility index (Phi) is 5.66. The van der Waals surface area contributed by atoms with Crippen molar-refractivity contribution < 1.29 is 25.5 Å². The molecule has 0 fully saturated rings. The first-order chi connectivity index (χ1) is 6.45. The molecule has 0 aromatic heterocycles. The number of likely N-dealkylation sites (N-methyl/N-ethyl adjacent to an activating group) is 1. The lowest BCUT2D eigenvalue weighted by Crippen LogP contribution is -2.47. The standard InChI is InChI=1S/C8H17NO5/c1-4(9-2)6(12)8(14)7(13)5(11)3-10/h5-14H,1,3H2,2H3/t5-,6+,7-,8-/m1/s1. The molecule has 0 bridgehead atoms. The van der Waals surface area contributed by atoms with Crippen LogP contribution in [-0.4, -0.2) is 63.6 Å². The van der Waals surface area contributed by atoms with Gasteiger partial charge in [0, 0.05) is 12.7 Å². The zero-order chi connectivity index (χ0) is 11.3. The van der Waals surface area contributed by atoms with Gasteiger partial charge in [0.15, 0.2) is 0 Å². The maximum atomic E-state index is 9.34. The van der Waals surface area contributed by atoms with Crippen LogP contribution in [-0.2, 0) is 0 Å². The molecule has 0 amide bonds. The molecule has 0 saturated carbocycles. The molecule has 0 heterocycles. The predicted molar refractivity (Wildman–Crippen MR) is 49.3 cm³/mol. The van der Waals surface area contributed by atoms with Crippen molar-refractivity contribution in [3.8, 4) is 0 Å². The molecular formula is C8H17NO5. The van der Waals surface area contributed by atoms with Gasteiger partial charge >= 0.3 is 0 Å². The lowest BCUT2D eigenvalue weighted by Gasteiger charge is -2.26. The van der Waals surface area contributed by atoms with Crippen LogP contribution in [0.15, 0.2) is 12.3 Å². The van der Waals surface area contributed by atoms with Gasteiger partial charge in [0.2, 0.25) is 0 Å². The van der Waals surface area contributed by atoms with Gasteiger partial charge in [0.1, 0.15) is 24.4 Å². The largest absolute Gasteiger partial charge is 0.394 e. The Morgan fingerprint density at radius 3 is 2.07 bits per heavy atom. The summed E-state index contributed by atoms with van der Waals surface area (Å²) in [5, 5.41) is 47.8. The topological polar surface area (TPSA) is 113 Å². The summed E-state index contributed by atoms with van der Waals surface area (Å²) in [7, 11) is 1.49. The maximum absolute atomic E-state index is 9.34. The van der Waals surface area contributed by atoms with E-state index in [1.54, 1.807) is 0 Å². The summed E-state index contributed by atoms with van der Waals surface area (Å²) in [4.78, 5) is 0. The summed E-state index contributed by atoms with van der Waals surface area (Å²) in [5.41, 5.74) is 0.113. The minimum absolute atomic E-state index is 0.113. The van der Waals surface area contributed by atoms with E-state index in [1.807, 2.05) is 0 Å². The van der Waals surface area contributed by atoms with Crippen LogP contribution in [0.5, 0.6) is 0 Å². The van der Waals surface area contributed by atoms with Crippen molar-refractivity contribution in [2.45, 2.75) is 24.4 Å². The average Bonchev–Trinajstić information content (AvgIpc) is 2.23. The van der Waals surface area contributed by atoms with E-state index in [0.717, 1.165) is 0 Å². The van der Waals surface area contributed by atoms with Crippen molar-refractivity contribution >= 4 is 0 Å². The normalized spacial score (nSPS) is 19.6. The number of nitrogens with one attached hydrogen (secondary N) is 1. The Bertz CT molecular complexity index is 187. The van der Waals surface area contributed by atoms with Gasteiger partial charge in [0.25, 0.3) is 0 Å². The van der Waals surface area contributed by atoms with Crippen LogP contribution in [0.1, 0.15) is 0 Å². The van der Waals surface area contributed by atoms with E-state index in [1.165, 1.54) is 7.05 Å². The number of rotatable bonds is 6. The minimum atomic E-state index is -1.62. The van der Waals surface area contributed by atoms with Crippen molar-refractivity contribution in [1.29, 1.82) is 0 Å². The molecule has 6 nitrogen and oxygen atoms in total. The lowest BCUT2D eigenvalue weighted by molar-refractivity contribution is -0.107. The fourth-order valence-electron chi connectivity index (χ4n) is 0.876. The van der Waals surface area contributed by atoms with Crippen LogP contribution < -0.4 is 5.32 Å². The summed E-state index contributed by atoms with van der Waals surface area (Å²) < 4.78 is 0. The Labute approximate surface area is 82.1 Å². The summed E-state index contributed by atoms with van der Waals surface area (Å²) in [6.07, 6.45) is -6.13. The fourth-order valence-corrected chi connectivity index (χ4v) is 0.876. The predicted octanol–water partition coefficient (Wildman–Crippen LogP) is -2.84. The van der Waals surface area contributed by atoms with E-state index < -0.39 is 31.0 Å². The highest BCUT2D eigenvalue weighted by atomic mass is 16.4. The molecule has 0 aliphatic carbocycles. The highest BCUT2D eigenvalue weighted by Crippen LogP contribution is 2.08. The van der Waals surface area contributed by atoms with E-state index in [4.69, 9.17) is 10.2 Å². The van der Waals surface area contributed by atoms with E-state index in [2.05, 4.69) is 11.9 Å². The minimum Gasteiger partial charge on any atom is -0.394 e. The van der Waals surface area contributed by atoms with Gasteiger partial charge in [-0.1, -0.05) is 6.58 Å². The summed E-state index contributed by atoms with van der Waals surface area (Å²) in [5.74, 6) is 0. The number of aliphatic hydroxyl groups is 5. The first-order valence-electron chi connectivity index (χ1n) is 4.15. The number of hydrogen-bond donors (Lipinski definition) is 6. The molecule has 6 heteroatoms. The third-order valence-electron chi connectivity index (χ3n) is 1.93. The van der Waals surface area contributed by atoms with Crippen LogP contribution >= 0.6 is 0 Å². The molecule has 14 heavy (non-hydrogen) atoms. The molecule has 0 radical (unpaired) electrons. The molecule has 0 spiro atoms. The molecular weight excluding hydrogens is 190 g/mol. The molecule has 0 unspecified atom stereocenters. The van der Waals surface area contributed by atoms with Gasteiger partial charge in [-0.3, -0.25) is 0 Å². The monoisotopic (exact) mass is 207 g/mol. The zero-order valence-electron chi connectivity index (χ0n) is 7.96. The van der Waals surface area contributed by atoms with Crippen molar-refractivity contribution in [3.05, 3.63) is 12.3 Å².